The van der Waals surface area contributed by atoms with Gasteiger partial charge in [0.25, 0.3) is 0 Å². The topological polar surface area (TPSA) is 55.1 Å². The Morgan fingerprint density at radius 1 is 1.42 bits per heavy atom. The van der Waals surface area contributed by atoms with Gasteiger partial charge in [0.2, 0.25) is 5.91 Å². The molecule has 0 saturated carbocycles. The summed E-state index contributed by atoms with van der Waals surface area (Å²) in [6.07, 6.45) is 1.57. The maximum Gasteiger partial charge on any atom is 0.224 e. The van der Waals surface area contributed by atoms with Gasteiger partial charge < -0.3 is 11.1 Å². The normalized spacial score (nSPS) is 13.1. The molecule has 1 unspecified atom stereocenters. The maximum absolute atomic E-state index is 11.9. The molecule has 1 aromatic rings. The van der Waals surface area contributed by atoms with Gasteiger partial charge in [-0.05, 0) is 51.9 Å². The van der Waals surface area contributed by atoms with Crippen molar-refractivity contribution in [2.45, 2.75) is 40.5 Å². The minimum absolute atomic E-state index is 0.0403. The molecule has 4 heteroatoms. The fourth-order valence-electron chi connectivity index (χ4n) is 2.27. The first-order chi connectivity index (χ1) is 8.67. The molecule has 0 radical (unpaired) electrons. The lowest BCUT2D eigenvalue weighted by Crippen LogP contribution is -2.18. The van der Waals surface area contributed by atoms with Crippen LogP contribution >= 0.6 is 15.9 Å². The Hall–Kier alpha value is -1.03. The van der Waals surface area contributed by atoms with Gasteiger partial charge in [-0.25, -0.2) is 0 Å². The van der Waals surface area contributed by atoms with Gasteiger partial charge in [0.15, 0.2) is 0 Å². The Morgan fingerprint density at radius 2 is 2.05 bits per heavy atom. The molecule has 0 bridgehead atoms. The van der Waals surface area contributed by atoms with Gasteiger partial charge >= 0.3 is 0 Å². The van der Waals surface area contributed by atoms with Crippen LogP contribution in [0.3, 0.4) is 0 Å². The maximum atomic E-state index is 11.9. The van der Waals surface area contributed by atoms with Crippen LogP contribution in [-0.2, 0) is 4.79 Å². The highest BCUT2D eigenvalue weighted by Crippen LogP contribution is 2.27. The average Bonchev–Trinajstić information content (AvgIpc) is 2.20. The molecule has 0 saturated heterocycles. The molecule has 106 valence electrons. The lowest BCUT2D eigenvalue weighted by Gasteiger charge is -2.22. The van der Waals surface area contributed by atoms with E-state index in [1.807, 2.05) is 12.1 Å². The summed E-state index contributed by atoms with van der Waals surface area (Å²) in [5.74, 6) is 0.409. The highest BCUT2D eigenvalue weighted by atomic mass is 79.9. The quantitative estimate of drug-likeness (QED) is 0.804. The van der Waals surface area contributed by atoms with E-state index in [0.29, 0.717) is 18.0 Å². The van der Waals surface area contributed by atoms with Crippen LogP contribution < -0.4 is 11.1 Å². The molecule has 1 aromatic carbocycles. The van der Waals surface area contributed by atoms with E-state index in [1.54, 1.807) is 6.07 Å². The summed E-state index contributed by atoms with van der Waals surface area (Å²) in [7, 11) is 0. The van der Waals surface area contributed by atoms with E-state index >= 15 is 0 Å². The Balaban J connectivity index is 2.53. The van der Waals surface area contributed by atoms with Crippen molar-refractivity contribution in [3.05, 3.63) is 22.7 Å². The summed E-state index contributed by atoms with van der Waals surface area (Å²) in [5, 5.41) is 2.89. The first-order valence-corrected chi connectivity index (χ1v) is 7.31. The number of hydrogen-bond donors (Lipinski definition) is 2. The summed E-state index contributed by atoms with van der Waals surface area (Å²) in [6, 6.07) is 5.44. The fraction of sp³-hybridized carbons (Fsp3) is 0.533. The molecule has 1 amide bonds. The lowest BCUT2D eigenvalue weighted by molar-refractivity contribution is -0.117. The lowest BCUT2D eigenvalue weighted by atomic mass is 9.84. The molecular formula is C15H23BrN2O. The molecule has 3 nitrogen and oxygen atoms in total. The Bertz CT molecular complexity index is 452. The number of anilines is 2. The Labute approximate surface area is 124 Å². The monoisotopic (exact) mass is 326 g/mol. The number of benzene rings is 1. The van der Waals surface area contributed by atoms with E-state index in [4.69, 9.17) is 5.73 Å². The van der Waals surface area contributed by atoms with Gasteiger partial charge in [-0.1, -0.05) is 27.7 Å². The third-order valence-electron chi connectivity index (χ3n) is 2.77. The second-order valence-corrected chi connectivity index (χ2v) is 7.21. The van der Waals surface area contributed by atoms with E-state index < -0.39 is 0 Å². The number of carbonyl (C=O) groups is 1. The summed E-state index contributed by atoms with van der Waals surface area (Å²) in [6.45, 7) is 8.69. The van der Waals surface area contributed by atoms with Crippen molar-refractivity contribution in [3.63, 3.8) is 0 Å². The molecule has 0 aromatic heterocycles. The van der Waals surface area contributed by atoms with Gasteiger partial charge in [-0.2, -0.15) is 0 Å². The largest absolute Gasteiger partial charge is 0.398 e. The van der Waals surface area contributed by atoms with Crippen LogP contribution in [0.2, 0.25) is 0 Å². The van der Waals surface area contributed by atoms with Crippen LogP contribution in [0.1, 0.15) is 40.5 Å². The second-order valence-electron chi connectivity index (χ2n) is 6.36. The van der Waals surface area contributed by atoms with Crippen LogP contribution in [0.5, 0.6) is 0 Å². The molecule has 0 aliphatic carbocycles. The summed E-state index contributed by atoms with van der Waals surface area (Å²) in [4.78, 5) is 11.9. The molecule has 19 heavy (non-hydrogen) atoms. The minimum atomic E-state index is 0.0403. The zero-order valence-corrected chi connectivity index (χ0v) is 13.7. The summed E-state index contributed by atoms with van der Waals surface area (Å²) >= 11 is 3.33. The Kier molecular flexibility index (Phi) is 5.41. The molecule has 0 spiro atoms. The van der Waals surface area contributed by atoms with E-state index in [1.165, 1.54) is 0 Å². The fourth-order valence-corrected chi connectivity index (χ4v) is 2.51. The van der Waals surface area contributed by atoms with Crippen molar-refractivity contribution in [3.8, 4) is 0 Å². The van der Waals surface area contributed by atoms with Crippen LogP contribution in [0.4, 0.5) is 11.4 Å². The number of nitrogens with two attached hydrogens (primary N) is 1. The smallest absolute Gasteiger partial charge is 0.224 e. The van der Waals surface area contributed by atoms with Gasteiger partial charge in [0, 0.05) is 22.3 Å². The molecule has 1 rings (SSSR count). The molecule has 3 N–H and O–H groups in total. The van der Waals surface area contributed by atoms with Gasteiger partial charge in [-0.3, -0.25) is 4.79 Å². The van der Waals surface area contributed by atoms with Crippen LogP contribution in [0, 0.1) is 11.3 Å². The van der Waals surface area contributed by atoms with Crippen molar-refractivity contribution in [2.24, 2.45) is 11.3 Å². The van der Waals surface area contributed by atoms with E-state index in [2.05, 4.69) is 48.9 Å². The standard InChI is InChI=1S/C15H23BrN2O/c1-10(9-15(2,3)4)7-14(19)18-11-5-6-12(16)13(17)8-11/h5-6,8,10H,7,9,17H2,1-4H3,(H,18,19). The number of halogens is 1. The van der Waals surface area contributed by atoms with Crippen molar-refractivity contribution in [1.29, 1.82) is 0 Å². The first-order valence-electron chi connectivity index (χ1n) is 6.52. The van der Waals surface area contributed by atoms with E-state index in [0.717, 1.165) is 16.6 Å². The summed E-state index contributed by atoms with van der Waals surface area (Å²) < 4.78 is 0.839. The van der Waals surface area contributed by atoms with Crippen LogP contribution in [0.25, 0.3) is 0 Å². The highest BCUT2D eigenvalue weighted by Gasteiger charge is 2.17. The molecule has 0 heterocycles. The number of hydrogen-bond acceptors (Lipinski definition) is 2. The van der Waals surface area contributed by atoms with Crippen molar-refractivity contribution >= 4 is 33.2 Å². The molecular weight excluding hydrogens is 304 g/mol. The molecule has 1 atom stereocenters. The molecule has 0 aliphatic rings. The Morgan fingerprint density at radius 3 is 2.58 bits per heavy atom. The van der Waals surface area contributed by atoms with Crippen LogP contribution in [0.15, 0.2) is 22.7 Å². The van der Waals surface area contributed by atoms with Crippen molar-refractivity contribution in [2.75, 3.05) is 11.1 Å². The van der Waals surface area contributed by atoms with Gasteiger partial charge in [-0.15, -0.1) is 0 Å². The number of amides is 1. The number of nitrogen functional groups attached to an aromatic ring is 1. The number of nitrogens with one attached hydrogen (secondary N) is 1. The van der Waals surface area contributed by atoms with E-state index in [-0.39, 0.29) is 11.3 Å². The zero-order chi connectivity index (χ0) is 14.6. The van der Waals surface area contributed by atoms with Crippen LogP contribution in [-0.4, -0.2) is 5.91 Å². The number of rotatable bonds is 4. The predicted molar refractivity (Wildman–Crippen MR) is 85.0 cm³/mol. The molecule has 0 fully saturated rings. The highest BCUT2D eigenvalue weighted by molar-refractivity contribution is 9.10. The first kappa shape index (κ1) is 16.0. The second kappa shape index (κ2) is 6.42. The predicted octanol–water partition coefficient (Wildman–Crippen LogP) is 4.43. The third-order valence-corrected chi connectivity index (χ3v) is 3.50. The summed E-state index contributed by atoms with van der Waals surface area (Å²) in [5.41, 5.74) is 7.40. The minimum Gasteiger partial charge on any atom is -0.398 e. The third kappa shape index (κ3) is 6.10. The van der Waals surface area contributed by atoms with E-state index in [9.17, 15) is 4.79 Å². The SMILES string of the molecule is CC(CC(=O)Nc1ccc(Br)c(N)c1)CC(C)(C)C. The van der Waals surface area contributed by atoms with Gasteiger partial charge in [0.05, 0.1) is 0 Å². The molecule has 0 aliphatic heterocycles. The van der Waals surface area contributed by atoms with Crippen molar-refractivity contribution < 1.29 is 4.79 Å². The van der Waals surface area contributed by atoms with Gasteiger partial charge in [0.1, 0.15) is 0 Å². The number of carbonyl (C=O) groups excluding carboxylic acids is 1. The van der Waals surface area contributed by atoms with Crippen molar-refractivity contribution in [1.82, 2.24) is 0 Å². The zero-order valence-electron chi connectivity index (χ0n) is 12.1. The average molecular weight is 327 g/mol.